The first kappa shape index (κ1) is 23.6. The molecular weight excluding hydrogens is 436 g/mol. The molecule has 1 aromatic carbocycles. The number of benzene rings is 1. The van der Waals surface area contributed by atoms with E-state index in [0.29, 0.717) is 26.2 Å². The van der Waals surface area contributed by atoms with E-state index in [9.17, 15) is 18.3 Å². The van der Waals surface area contributed by atoms with E-state index in [2.05, 4.69) is 21.2 Å². The first-order valence-electron chi connectivity index (χ1n) is 7.01. The van der Waals surface area contributed by atoms with Crippen LogP contribution < -0.4 is 10.1 Å². The molecule has 1 aromatic rings. The van der Waals surface area contributed by atoms with E-state index in [-0.39, 0.29) is 53.0 Å². The van der Waals surface area contributed by atoms with Crippen molar-refractivity contribution in [2.75, 3.05) is 32.8 Å². The van der Waals surface area contributed by atoms with Gasteiger partial charge in [-0.2, -0.15) is 13.2 Å². The molecule has 1 aliphatic heterocycles. The first-order chi connectivity index (χ1) is 10.3. The molecule has 1 atom stereocenters. The summed E-state index contributed by atoms with van der Waals surface area (Å²) in [7, 11) is 0. The molecule has 1 heterocycles. The molecular formula is C14H20BrCl2F3N2O2. The Balaban J connectivity index is 0.00000264. The van der Waals surface area contributed by atoms with Gasteiger partial charge in [-0.3, -0.25) is 4.90 Å². The second-order valence-electron chi connectivity index (χ2n) is 5.01. The minimum Gasteiger partial charge on any atom is -0.503 e. The van der Waals surface area contributed by atoms with Crippen molar-refractivity contribution in [3.8, 4) is 11.5 Å². The summed E-state index contributed by atoms with van der Waals surface area (Å²) in [5, 5.41) is 12.9. The van der Waals surface area contributed by atoms with E-state index in [0.717, 1.165) is 0 Å². The number of piperazine rings is 1. The number of alkyl halides is 3. The lowest BCUT2D eigenvalue weighted by Crippen LogP contribution is -2.49. The van der Waals surface area contributed by atoms with Crippen LogP contribution in [0.4, 0.5) is 13.2 Å². The normalized spacial score (nSPS) is 16.7. The van der Waals surface area contributed by atoms with E-state index >= 15 is 0 Å². The highest BCUT2D eigenvalue weighted by Crippen LogP contribution is 2.43. The molecule has 10 heteroatoms. The lowest BCUT2D eigenvalue weighted by atomic mass is 10.0. The molecule has 2 rings (SSSR count). The maximum atomic E-state index is 13.6. The fraction of sp³-hybridized carbons (Fsp3) is 0.571. The van der Waals surface area contributed by atoms with Crippen LogP contribution in [-0.4, -0.2) is 49.0 Å². The van der Waals surface area contributed by atoms with Gasteiger partial charge in [-0.15, -0.1) is 24.8 Å². The van der Waals surface area contributed by atoms with Crippen LogP contribution in [-0.2, 0) is 0 Å². The Morgan fingerprint density at radius 1 is 1.29 bits per heavy atom. The number of phenols is 1. The minimum atomic E-state index is -4.41. The van der Waals surface area contributed by atoms with Gasteiger partial charge in [0.2, 0.25) is 0 Å². The standard InChI is InChI=1S/C14H18BrF3N2O2.2ClH/c1-2-22-11-8-9(7-10(15)12(11)21)13(14(16,17)18)20-5-3-19-4-6-20;;/h7-8,13,19,21H,2-6H2,1H3;2*1H/t13-;;/m1../s1. The molecule has 24 heavy (non-hydrogen) atoms. The van der Waals surface area contributed by atoms with Gasteiger partial charge in [0.05, 0.1) is 11.1 Å². The van der Waals surface area contributed by atoms with Crippen molar-refractivity contribution in [1.82, 2.24) is 10.2 Å². The number of rotatable bonds is 4. The smallest absolute Gasteiger partial charge is 0.408 e. The summed E-state index contributed by atoms with van der Waals surface area (Å²) in [6.07, 6.45) is -4.41. The lowest BCUT2D eigenvalue weighted by Gasteiger charge is -2.36. The third-order valence-corrected chi connectivity index (χ3v) is 4.10. The van der Waals surface area contributed by atoms with Crippen LogP contribution in [0.25, 0.3) is 0 Å². The van der Waals surface area contributed by atoms with E-state index in [1.807, 2.05) is 0 Å². The molecule has 0 saturated carbocycles. The van der Waals surface area contributed by atoms with E-state index in [4.69, 9.17) is 4.74 Å². The van der Waals surface area contributed by atoms with E-state index in [1.165, 1.54) is 17.0 Å². The summed E-state index contributed by atoms with van der Waals surface area (Å²) in [4.78, 5) is 1.39. The second kappa shape index (κ2) is 9.91. The van der Waals surface area contributed by atoms with Crippen LogP contribution in [0, 0.1) is 0 Å². The molecule has 1 fully saturated rings. The van der Waals surface area contributed by atoms with Crippen LogP contribution >= 0.6 is 40.7 Å². The fourth-order valence-electron chi connectivity index (χ4n) is 2.56. The van der Waals surface area contributed by atoms with Gasteiger partial charge in [-0.05, 0) is 40.5 Å². The SMILES string of the molecule is CCOc1cc([C@@H](N2CCNCC2)C(F)(F)F)cc(Br)c1O.Cl.Cl. The zero-order valence-electron chi connectivity index (χ0n) is 12.9. The van der Waals surface area contributed by atoms with Crippen molar-refractivity contribution in [3.63, 3.8) is 0 Å². The molecule has 0 aromatic heterocycles. The summed E-state index contributed by atoms with van der Waals surface area (Å²) < 4.78 is 46.1. The summed E-state index contributed by atoms with van der Waals surface area (Å²) in [6.45, 7) is 3.62. The Labute approximate surface area is 159 Å². The Morgan fingerprint density at radius 3 is 2.38 bits per heavy atom. The van der Waals surface area contributed by atoms with Crippen molar-refractivity contribution in [1.29, 1.82) is 0 Å². The van der Waals surface area contributed by atoms with Crippen molar-refractivity contribution in [2.24, 2.45) is 0 Å². The summed E-state index contributed by atoms with van der Waals surface area (Å²) >= 11 is 3.10. The fourth-order valence-corrected chi connectivity index (χ4v) is 3.02. The Bertz CT molecular complexity index is 529. The highest BCUT2D eigenvalue weighted by Gasteiger charge is 2.45. The van der Waals surface area contributed by atoms with Crippen LogP contribution in [0.15, 0.2) is 16.6 Å². The number of halogens is 6. The van der Waals surface area contributed by atoms with Crippen molar-refractivity contribution >= 4 is 40.7 Å². The van der Waals surface area contributed by atoms with Gasteiger partial charge in [-0.25, -0.2) is 0 Å². The predicted octanol–water partition coefficient (Wildman–Crippen LogP) is 3.91. The maximum absolute atomic E-state index is 13.6. The topological polar surface area (TPSA) is 44.7 Å². The molecule has 0 amide bonds. The van der Waals surface area contributed by atoms with Gasteiger partial charge in [0.1, 0.15) is 6.04 Å². The van der Waals surface area contributed by atoms with E-state index in [1.54, 1.807) is 6.92 Å². The van der Waals surface area contributed by atoms with Gasteiger partial charge in [0.25, 0.3) is 0 Å². The largest absolute Gasteiger partial charge is 0.503 e. The molecule has 2 N–H and O–H groups in total. The van der Waals surface area contributed by atoms with Crippen molar-refractivity contribution in [3.05, 3.63) is 22.2 Å². The number of aromatic hydroxyl groups is 1. The molecule has 0 radical (unpaired) electrons. The summed E-state index contributed by atoms with van der Waals surface area (Å²) in [6, 6.07) is 0.854. The number of hydrogen-bond donors (Lipinski definition) is 2. The Kier molecular flexibility index (Phi) is 9.74. The summed E-state index contributed by atoms with van der Waals surface area (Å²) in [5.41, 5.74) is 0.0579. The molecule has 0 aliphatic carbocycles. The number of ether oxygens (including phenoxy) is 1. The molecule has 140 valence electrons. The second-order valence-corrected chi connectivity index (χ2v) is 5.87. The highest BCUT2D eigenvalue weighted by molar-refractivity contribution is 9.10. The van der Waals surface area contributed by atoms with Crippen LogP contribution in [0.5, 0.6) is 11.5 Å². The average molecular weight is 456 g/mol. The van der Waals surface area contributed by atoms with Gasteiger partial charge < -0.3 is 15.2 Å². The zero-order valence-corrected chi connectivity index (χ0v) is 16.1. The molecule has 1 aliphatic rings. The highest BCUT2D eigenvalue weighted by atomic mass is 79.9. The number of hydrogen-bond acceptors (Lipinski definition) is 4. The maximum Gasteiger partial charge on any atom is 0.408 e. The van der Waals surface area contributed by atoms with Gasteiger partial charge in [-0.1, -0.05) is 0 Å². The third-order valence-electron chi connectivity index (χ3n) is 3.49. The molecule has 0 unspecified atom stereocenters. The van der Waals surface area contributed by atoms with Crippen LogP contribution in [0.1, 0.15) is 18.5 Å². The Hall–Kier alpha value is -0.410. The van der Waals surface area contributed by atoms with E-state index < -0.39 is 12.2 Å². The zero-order chi connectivity index (χ0) is 16.3. The molecule has 4 nitrogen and oxygen atoms in total. The predicted molar refractivity (Wildman–Crippen MR) is 94.7 cm³/mol. The Morgan fingerprint density at radius 2 is 1.88 bits per heavy atom. The molecule has 0 spiro atoms. The van der Waals surface area contributed by atoms with Gasteiger partial charge in [0, 0.05) is 26.2 Å². The van der Waals surface area contributed by atoms with Crippen molar-refractivity contribution < 1.29 is 23.0 Å². The number of nitrogens with one attached hydrogen (secondary N) is 1. The van der Waals surface area contributed by atoms with Crippen LogP contribution in [0.3, 0.4) is 0 Å². The van der Waals surface area contributed by atoms with Gasteiger partial charge >= 0.3 is 6.18 Å². The number of phenolic OH excluding ortho intramolecular Hbond substituents is 1. The quantitative estimate of drug-likeness (QED) is 0.722. The summed E-state index contributed by atoms with van der Waals surface area (Å²) in [5.74, 6) is -0.136. The minimum absolute atomic E-state index is 0. The van der Waals surface area contributed by atoms with Gasteiger partial charge in [0.15, 0.2) is 11.5 Å². The third kappa shape index (κ3) is 5.56. The first-order valence-corrected chi connectivity index (χ1v) is 7.80. The lowest BCUT2D eigenvalue weighted by molar-refractivity contribution is -0.187. The average Bonchev–Trinajstić information content (AvgIpc) is 2.44. The van der Waals surface area contributed by atoms with Crippen molar-refractivity contribution in [2.45, 2.75) is 19.1 Å². The van der Waals surface area contributed by atoms with Crippen LogP contribution in [0.2, 0.25) is 0 Å². The monoisotopic (exact) mass is 454 g/mol. The molecule has 1 saturated heterocycles. The molecule has 0 bridgehead atoms. The number of nitrogens with zero attached hydrogens (tertiary/aromatic N) is 1.